The van der Waals surface area contributed by atoms with Crippen molar-refractivity contribution in [2.75, 3.05) is 5.32 Å². The first-order valence-corrected chi connectivity index (χ1v) is 12.0. The third-order valence-electron chi connectivity index (χ3n) is 7.12. The molecule has 2 aliphatic carbocycles. The SMILES string of the molecule is CC(C)OC(=O)c1ccc(NC(=O)[C@@H](Cc2ccccc2)N2C(=O)[C@@H]3[C@@H](C2=O)[C@H]2C=C[C@@H]3C2)cc1. The molecule has 7 heteroatoms. The highest BCUT2D eigenvalue weighted by Gasteiger charge is 2.61. The van der Waals surface area contributed by atoms with Gasteiger partial charge in [0.2, 0.25) is 17.7 Å². The molecular weight excluding hydrogens is 444 g/mol. The van der Waals surface area contributed by atoms with Gasteiger partial charge in [-0.2, -0.15) is 0 Å². The van der Waals surface area contributed by atoms with Gasteiger partial charge in [0.05, 0.1) is 23.5 Å². The van der Waals surface area contributed by atoms with E-state index in [2.05, 4.69) is 5.32 Å². The molecule has 5 atom stereocenters. The average Bonchev–Trinajstić information content (AvgIpc) is 3.52. The zero-order chi connectivity index (χ0) is 24.7. The van der Waals surface area contributed by atoms with Crippen LogP contribution in [0.3, 0.4) is 0 Å². The van der Waals surface area contributed by atoms with Crippen LogP contribution < -0.4 is 5.32 Å². The van der Waals surface area contributed by atoms with Crippen molar-refractivity contribution in [2.45, 2.75) is 38.8 Å². The van der Waals surface area contributed by atoms with Gasteiger partial charge in [0.25, 0.3) is 0 Å². The number of imide groups is 1. The molecule has 1 N–H and O–H groups in total. The topological polar surface area (TPSA) is 92.8 Å². The molecule has 5 rings (SSSR count). The molecular formula is C28H28N2O5. The molecule has 0 aromatic heterocycles. The highest BCUT2D eigenvalue weighted by molar-refractivity contribution is 6.11. The zero-order valence-electron chi connectivity index (χ0n) is 19.7. The molecule has 2 bridgehead atoms. The summed E-state index contributed by atoms with van der Waals surface area (Å²) in [7, 11) is 0. The van der Waals surface area contributed by atoms with E-state index in [9.17, 15) is 19.2 Å². The molecule has 180 valence electrons. The van der Waals surface area contributed by atoms with E-state index in [0.29, 0.717) is 11.3 Å². The Morgan fingerprint density at radius 3 is 2.11 bits per heavy atom. The first-order valence-electron chi connectivity index (χ1n) is 12.0. The molecule has 2 fully saturated rings. The second kappa shape index (κ2) is 9.13. The van der Waals surface area contributed by atoms with Crippen LogP contribution in [0.4, 0.5) is 5.69 Å². The van der Waals surface area contributed by atoms with Crippen LogP contribution in [0, 0.1) is 23.7 Å². The summed E-state index contributed by atoms with van der Waals surface area (Å²) in [6, 6.07) is 14.8. The van der Waals surface area contributed by atoms with E-state index in [1.54, 1.807) is 38.1 Å². The van der Waals surface area contributed by atoms with Crippen LogP contribution >= 0.6 is 0 Å². The molecule has 35 heavy (non-hydrogen) atoms. The molecule has 7 nitrogen and oxygen atoms in total. The fourth-order valence-corrected chi connectivity index (χ4v) is 5.57. The largest absolute Gasteiger partial charge is 0.459 e. The van der Waals surface area contributed by atoms with Crippen molar-refractivity contribution in [1.29, 1.82) is 0 Å². The van der Waals surface area contributed by atoms with Gasteiger partial charge in [-0.05, 0) is 61.9 Å². The first kappa shape index (κ1) is 23.0. The van der Waals surface area contributed by atoms with Gasteiger partial charge in [0.1, 0.15) is 6.04 Å². The summed E-state index contributed by atoms with van der Waals surface area (Å²) in [6.07, 6.45) is 4.91. The molecule has 1 heterocycles. The minimum absolute atomic E-state index is 0.0741. The molecule has 1 saturated carbocycles. The molecule has 0 radical (unpaired) electrons. The molecule has 2 aromatic rings. The van der Waals surface area contributed by atoms with Crippen molar-refractivity contribution in [3.8, 4) is 0 Å². The van der Waals surface area contributed by atoms with Crippen LogP contribution in [0.2, 0.25) is 0 Å². The number of fused-ring (bicyclic) bond motifs is 5. The summed E-state index contributed by atoms with van der Waals surface area (Å²) in [4.78, 5) is 53.6. The van der Waals surface area contributed by atoms with Gasteiger partial charge in [0, 0.05) is 12.1 Å². The normalized spacial score (nSPS) is 25.2. The van der Waals surface area contributed by atoms with E-state index >= 15 is 0 Å². The minimum atomic E-state index is -0.965. The highest BCUT2D eigenvalue weighted by atomic mass is 16.5. The Morgan fingerprint density at radius 1 is 0.943 bits per heavy atom. The van der Waals surface area contributed by atoms with Crippen molar-refractivity contribution < 1.29 is 23.9 Å². The van der Waals surface area contributed by atoms with E-state index in [1.807, 2.05) is 42.5 Å². The van der Waals surface area contributed by atoms with Crippen molar-refractivity contribution >= 4 is 29.4 Å². The summed E-state index contributed by atoms with van der Waals surface area (Å²) < 4.78 is 5.20. The van der Waals surface area contributed by atoms with E-state index in [1.165, 1.54) is 4.90 Å². The fourth-order valence-electron chi connectivity index (χ4n) is 5.57. The van der Waals surface area contributed by atoms with Crippen molar-refractivity contribution in [3.63, 3.8) is 0 Å². The Labute approximate surface area is 204 Å². The lowest BCUT2D eigenvalue weighted by Crippen LogP contribution is -2.49. The number of benzene rings is 2. The standard InChI is InChI=1S/C28H28N2O5/c1-16(2)35-28(34)18-10-12-21(13-11-18)29-25(31)22(14-17-6-4-3-5-7-17)30-26(32)23-19-8-9-20(15-19)24(23)27(30)33/h3-13,16,19-20,22-24H,14-15H2,1-2H3,(H,29,31)/t19-,20+,22-,23+,24+/m1/s1. The average molecular weight is 473 g/mol. The van der Waals surface area contributed by atoms with Crippen molar-refractivity contribution in [3.05, 3.63) is 77.9 Å². The predicted octanol–water partition coefficient (Wildman–Crippen LogP) is 3.61. The Bertz CT molecular complexity index is 1160. The van der Waals surface area contributed by atoms with Gasteiger partial charge >= 0.3 is 5.97 Å². The van der Waals surface area contributed by atoms with Crippen molar-refractivity contribution in [1.82, 2.24) is 4.90 Å². The Kier molecular flexibility index (Phi) is 6.01. The predicted molar refractivity (Wildman–Crippen MR) is 129 cm³/mol. The number of hydrogen-bond acceptors (Lipinski definition) is 5. The summed E-state index contributed by atoms with van der Waals surface area (Å²) in [5, 5.41) is 2.84. The van der Waals surface area contributed by atoms with Gasteiger partial charge in [-0.1, -0.05) is 42.5 Å². The summed E-state index contributed by atoms with van der Waals surface area (Å²) in [5.41, 5.74) is 1.70. The maximum Gasteiger partial charge on any atom is 0.338 e. The number of esters is 1. The third-order valence-corrected chi connectivity index (χ3v) is 7.12. The van der Waals surface area contributed by atoms with Crippen LogP contribution in [0.15, 0.2) is 66.7 Å². The number of amides is 3. The van der Waals surface area contributed by atoms with Crippen LogP contribution in [0.25, 0.3) is 0 Å². The van der Waals surface area contributed by atoms with Crippen LogP contribution in [-0.2, 0) is 25.5 Å². The number of allylic oxidation sites excluding steroid dienone is 2. The second-order valence-electron chi connectivity index (χ2n) is 9.77. The van der Waals surface area contributed by atoms with Gasteiger partial charge in [-0.25, -0.2) is 4.79 Å². The first-order chi connectivity index (χ1) is 16.8. The molecule has 1 saturated heterocycles. The fraction of sp³-hybridized carbons (Fsp3) is 0.357. The molecule has 3 amide bonds. The van der Waals surface area contributed by atoms with Crippen LogP contribution in [0.5, 0.6) is 0 Å². The van der Waals surface area contributed by atoms with Gasteiger partial charge in [-0.3, -0.25) is 19.3 Å². The number of nitrogens with one attached hydrogen (secondary N) is 1. The lowest BCUT2D eigenvalue weighted by Gasteiger charge is -2.27. The summed E-state index contributed by atoms with van der Waals surface area (Å²) >= 11 is 0. The number of anilines is 1. The quantitative estimate of drug-likeness (QED) is 0.378. The summed E-state index contributed by atoms with van der Waals surface area (Å²) in [6.45, 7) is 3.55. The number of likely N-dealkylation sites (tertiary alicyclic amines) is 1. The zero-order valence-corrected chi connectivity index (χ0v) is 19.7. The van der Waals surface area contributed by atoms with E-state index in [0.717, 1.165) is 12.0 Å². The van der Waals surface area contributed by atoms with Gasteiger partial charge in [-0.15, -0.1) is 0 Å². The molecule has 0 spiro atoms. The lowest BCUT2D eigenvalue weighted by atomic mass is 9.85. The monoisotopic (exact) mass is 472 g/mol. The van der Waals surface area contributed by atoms with Crippen molar-refractivity contribution in [2.24, 2.45) is 23.7 Å². The van der Waals surface area contributed by atoms with E-state index in [4.69, 9.17) is 4.74 Å². The second-order valence-corrected chi connectivity index (χ2v) is 9.77. The Balaban J connectivity index is 1.38. The number of ether oxygens (including phenoxy) is 1. The third kappa shape index (κ3) is 4.27. The summed E-state index contributed by atoms with van der Waals surface area (Å²) in [5.74, 6) is -1.96. The van der Waals surface area contributed by atoms with Gasteiger partial charge < -0.3 is 10.1 Å². The Hall–Kier alpha value is -3.74. The number of carbonyl (C=O) groups excluding carboxylic acids is 4. The number of carbonyl (C=O) groups is 4. The molecule has 0 unspecified atom stereocenters. The Morgan fingerprint density at radius 2 is 1.54 bits per heavy atom. The van der Waals surface area contributed by atoms with E-state index in [-0.39, 0.29) is 48.0 Å². The van der Waals surface area contributed by atoms with Crippen LogP contribution in [0.1, 0.15) is 36.2 Å². The van der Waals surface area contributed by atoms with Crippen LogP contribution in [-0.4, -0.2) is 40.7 Å². The lowest BCUT2D eigenvalue weighted by molar-refractivity contribution is -0.147. The number of hydrogen-bond donors (Lipinski definition) is 1. The maximum atomic E-state index is 13.5. The van der Waals surface area contributed by atoms with E-state index < -0.39 is 17.9 Å². The highest BCUT2D eigenvalue weighted by Crippen LogP contribution is 2.53. The number of rotatable bonds is 7. The number of nitrogens with zero attached hydrogens (tertiary/aromatic N) is 1. The van der Waals surface area contributed by atoms with Gasteiger partial charge in [0.15, 0.2) is 0 Å². The molecule has 3 aliphatic rings. The maximum absolute atomic E-state index is 13.5. The molecule has 2 aromatic carbocycles. The minimum Gasteiger partial charge on any atom is -0.459 e. The smallest absolute Gasteiger partial charge is 0.338 e. The molecule has 1 aliphatic heterocycles.